The molecule has 0 unspecified atom stereocenters. The summed E-state index contributed by atoms with van der Waals surface area (Å²) in [4.78, 5) is 28.1. The fraction of sp³-hybridized carbons (Fsp3) is 0.105. The number of aromatic carboxylic acids is 1. The van der Waals surface area contributed by atoms with Crippen molar-refractivity contribution in [3.05, 3.63) is 75.7 Å². The van der Waals surface area contributed by atoms with Gasteiger partial charge >= 0.3 is 5.97 Å². The summed E-state index contributed by atoms with van der Waals surface area (Å²) >= 11 is 0. The average Bonchev–Trinajstić information content (AvgIpc) is 2.93. The lowest BCUT2D eigenvalue weighted by Crippen LogP contribution is -2.17. The first-order valence-corrected chi connectivity index (χ1v) is 10.1. The third-order valence-electron chi connectivity index (χ3n) is 4.09. The van der Waals surface area contributed by atoms with Crippen molar-refractivity contribution < 1.29 is 18.3 Å². The largest absolute Gasteiger partial charge is 0.478 e. The van der Waals surface area contributed by atoms with E-state index in [2.05, 4.69) is 10.1 Å². The monoisotopic (exact) mass is 399 g/mol. The molecule has 1 heterocycles. The molecule has 0 saturated carbocycles. The van der Waals surface area contributed by atoms with Gasteiger partial charge in [-0.05, 0) is 37.3 Å². The second-order valence-corrected chi connectivity index (χ2v) is 8.16. The van der Waals surface area contributed by atoms with E-state index in [1.54, 1.807) is 31.2 Å². The van der Waals surface area contributed by atoms with E-state index < -0.39 is 15.8 Å². The number of rotatable bonds is 5. The van der Waals surface area contributed by atoms with Crippen LogP contribution >= 0.6 is 0 Å². The highest BCUT2D eigenvalue weighted by Gasteiger charge is 2.16. The van der Waals surface area contributed by atoms with Gasteiger partial charge in [0.05, 0.1) is 27.4 Å². The summed E-state index contributed by atoms with van der Waals surface area (Å²) in [6.07, 6.45) is 2.26. The number of sulfone groups is 1. The first kappa shape index (κ1) is 19.3. The van der Waals surface area contributed by atoms with E-state index in [1.165, 1.54) is 29.1 Å². The molecule has 0 spiro atoms. The lowest BCUT2D eigenvalue weighted by molar-refractivity contribution is 0.0697. The Bertz CT molecular complexity index is 1240. The zero-order valence-corrected chi connectivity index (χ0v) is 15.9. The molecule has 0 fully saturated rings. The number of nitrogens with zero attached hydrogens (tertiary/aromatic N) is 2. The van der Waals surface area contributed by atoms with Gasteiger partial charge in [0.25, 0.3) is 5.56 Å². The van der Waals surface area contributed by atoms with Crippen LogP contribution in [0.15, 0.2) is 63.2 Å². The van der Waals surface area contributed by atoms with E-state index in [4.69, 9.17) is 0 Å². The number of benzene rings is 2. The molecule has 0 atom stereocenters. The van der Waals surface area contributed by atoms with Crippen molar-refractivity contribution in [2.45, 2.75) is 11.8 Å². The van der Waals surface area contributed by atoms with E-state index in [1.807, 2.05) is 6.07 Å². The van der Waals surface area contributed by atoms with Crippen molar-refractivity contribution in [2.24, 2.45) is 4.99 Å². The van der Waals surface area contributed by atoms with Crippen LogP contribution in [0.5, 0.6) is 0 Å². The number of aromatic nitrogens is 2. The van der Waals surface area contributed by atoms with Crippen LogP contribution in [-0.2, 0) is 9.84 Å². The molecule has 8 nitrogen and oxygen atoms in total. The number of hydrogen-bond acceptors (Lipinski definition) is 5. The van der Waals surface area contributed by atoms with E-state index in [-0.39, 0.29) is 27.3 Å². The Balaban J connectivity index is 2.09. The summed E-state index contributed by atoms with van der Waals surface area (Å²) in [6.45, 7) is 1.69. The number of para-hydroxylation sites is 1. The number of H-pyrrole nitrogens is 1. The topological polar surface area (TPSA) is 122 Å². The molecule has 2 aromatic carbocycles. The highest BCUT2D eigenvalue weighted by molar-refractivity contribution is 7.90. The summed E-state index contributed by atoms with van der Waals surface area (Å²) in [7, 11) is -3.54. The van der Waals surface area contributed by atoms with Gasteiger partial charge in [-0.15, -0.1) is 0 Å². The highest BCUT2D eigenvalue weighted by atomic mass is 32.2. The SMILES string of the molecule is Cc1[nH]n(-c2ccccc2)c(=O)c1C=Nc1cc(S(C)(=O)=O)ccc1C(=O)O. The van der Waals surface area contributed by atoms with Gasteiger partial charge in [-0.1, -0.05) is 18.2 Å². The van der Waals surface area contributed by atoms with Crippen molar-refractivity contribution in [3.8, 4) is 5.69 Å². The van der Waals surface area contributed by atoms with Gasteiger partial charge < -0.3 is 5.11 Å². The first-order chi connectivity index (χ1) is 13.2. The second-order valence-electron chi connectivity index (χ2n) is 6.14. The smallest absolute Gasteiger partial charge is 0.337 e. The molecule has 2 N–H and O–H groups in total. The fourth-order valence-electron chi connectivity index (χ4n) is 2.63. The standard InChI is InChI=1S/C19H17N3O5S/c1-12-16(18(23)22(21-12)13-6-4-3-5-7-13)11-20-17-10-14(28(2,26)27)8-9-15(17)19(24)25/h3-11,21H,1-2H3,(H,24,25). The van der Waals surface area contributed by atoms with Gasteiger partial charge in [-0.3, -0.25) is 14.9 Å². The summed E-state index contributed by atoms with van der Waals surface area (Å²) in [6, 6.07) is 12.5. The van der Waals surface area contributed by atoms with Crippen molar-refractivity contribution >= 4 is 27.7 Å². The van der Waals surface area contributed by atoms with E-state index in [0.29, 0.717) is 11.4 Å². The molecule has 0 saturated heterocycles. The van der Waals surface area contributed by atoms with E-state index >= 15 is 0 Å². The number of aliphatic imine (C=N–C) groups is 1. The molecule has 0 bridgehead atoms. The number of aryl methyl sites for hydroxylation is 1. The minimum absolute atomic E-state index is 0.0540. The Hall–Kier alpha value is -3.46. The Labute approximate surface area is 160 Å². The number of hydrogen-bond donors (Lipinski definition) is 2. The maximum Gasteiger partial charge on any atom is 0.337 e. The molecule has 3 rings (SSSR count). The molecular formula is C19H17N3O5S. The van der Waals surface area contributed by atoms with Crippen molar-refractivity contribution in [1.29, 1.82) is 0 Å². The number of carboxylic acid groups (broad SMARTS) is 1. The predicted molar refractivity (Wildman–Crippen MR) is 105 cm³/mol. The molecule has 28 heavy (non-hydrogen) atoms. The maximum atomic E-state index is 12.7. The average molecular weight is 399 g/mol. The van der Waals surface area contributed by atoms with Crippen LogP contribution < -0.4 is 5.56 Å². The number of aromatic amines is 1. The number of nitrogens with one attached hydrogen (secondary N) is 1. The molecule has 9 heteroatoms. The quantitative estimate of drug-likeness (QED) is 0.638. The number of carbonyl (C=O) groups is 1. The zero-order chi connectivity index (χ0) is 20.5. The van der Waals surface area contributed by atoms with Gasteiger partial charge in [-0.25, -0.2) is 17.9 Å². The Morgan fingerprint density at radius 2 is 1.86 bits per heavy atom. The molecular weight excluding hydrogens is 382 g/mol. The molecule has 0 amide bonds. The van der Waals surface area contributed by atoms with E-state index in [9.17, 15) is 23.1 Å². The van der Waals surface area contributed by atoms with Gasteiger partial charge in [0, 0.05) is 18.2 Å². The van der Waals surface area contributed by atoms with Crippen molar-refractivity contribution in [3.63, 3.8) is 0 Å². The Morgan fingerprint density at radius 1 is 1.18 bits per heavy atom. The summed E-state index contributed by atoms with van der Waals surface area (Å²) in [5, 5.41) is 12.3. The maximum absolute atomic E-state index is 12.7. The van der Waals surface area contributed by atoms with Crippen molar-refractivity contribution in [2.75, 3.05) is 6.26 Å². The lowest BCUT2D eigenvalue weighted by atomic mass is 10.2. The molecule has 144 valence electrons. The Kier molecular flexibility index (Phi) is 5.02. The van der Waals surface area contributed by atoms with Gasteiger partial charge in [0.2, 0.25) is 0 Å². The molecule has 0 aliphatic heterocycles. The lowest BCUT2D eigenvalue weighted by Gasteiger charge is -2.04. The van der Waals surface area contributed by atoms with Gasteiger partial charge in [0.1, 0.15) is 0 Å². The van der Waals surface area contributed by atoms with Crippen LogP contribution in [0.2, 0.25) is 0 Å². The highest BCUT2D eigenvalue weighted by Crippen LogP contribution is 2.24. The summed E-state index contributed by atoms with van der Waals surface area (Å²) < 4.78 is 24.9. The second kappa shape index (κ2) is 7.28. The van der Waals surface area contributed by atoms with Crippen LogP contribution in [0.1, 0.15) is 21.6 Å². The van der Waals surface area contributed by atoms with Crippen LogP contribution in [0.3, 0.4) is 0 Å². The molecule has 0 aliphatic carbocycles. The van der Waals surface area contributed by atoms with E-state index in [0.717, 1.165) is 6.26 Å². The normalized spacial score (nSPS) is 11.8. The summed E-state index contributed by atoms with van der Waals surface area (Å²) in [5.41, 5.74) is 0.838. The van der Waals surface area contributed by atoms with Crippen LogP contribution in [0.25, 0.3) is 5.69 Å². The van der Waals surface area contributed by atoms with Gasteiger partial charge in [-0.2, -0.15) is 0 Å². The predicted octanol–water partition coefficient (Wildman–Crippen LogP) is 2.33. The third kappa shape index (κ3) is 3.79. The summed E-state index contributed by atoms with van der Waals surface area (Å²) in [5.74, 6) is -1.25. The molecule has 0 radical (unpaired) electrons. The molecule has 3 aromatic rings. The number of carboxylic acids is 1. The fourth-order valence-corrected chi connectivity index (χ4v) is 3.28. The van der Waals surface area contributed by atoms with Crippen LogP contribution in [0.4, 0.5) is 5.69 Å². The third-order valence-corrected chi connectivity index (χ3v) is 5.20. The van der Waals surface area contributed by atoms with Crippen molar-refractivity contribution in [1.82, 2.24) is 9.78 Å². The Morgan fingerprint density at radius 3 is 2.46 bits per heavy atom. The van der Waals surface area contributed by atoms with Crippen LogP contribution in [0, 0.1) is 6.92 Å². The van der Waals surface area contributed by atoms with Crippen LogP contribution in [-0.4, -0.2) is 41.7 Å². The molecule has 0 aliphatic rings. The minimum Gasteiger partial charge on any atom is -0.478 e. The zero-order valence-electron chi connectivity index (χ0n) is 15.1. The molecule has 1 aromatic heterocycles. The van der Waals surface area contributed by atoms with Gasteiger partial charge in [0.15, 0.2) is 9.84 Å². The first-order valence-electron chi connectivity index (χ1n) is 8.17. The minimum atomic E-state index is -3.54.